The van der Waals surface area contributed by atoms with Crippen LogP contribution in [-0.2, 0) is 13.1 Å². The molecule has 0 radical (unpaired) electrons. The zero-order valence-corrected chi connectivity index (χ0v) is 9.52. The first-order valence-corrected chi connectivity index (χ1v) is 5.46. The van der Waals surface area contributed by atoms with Gasteiger partial charge in [0.1, 0.15) is 5.82 Å². The van der Waals surface area contributed by atoms with Crippen LogP contribution in [0.15, 0.2) is 24.3 Å². The Balaban J connectivity index is 2.14. The quantitative estimate of drug-likeness (QED) is 0.811. The number of rotatable bonds is 1. The van der Waals surface area contributed by atoms with E-state index in [4.69, 9.17) is 5.73 Å². The fourth-order valence-electron chi connectivity index (χ4n) is 2.24. The van der Waals surface area contributed by atoms with E-state index in [-0.39, 0.29) is 5.82 Å². The molecule has 0 fully saturated rings. The Morgan fingerprint density at radius 3 is 2.94 bits per heavy atom. The van der Waals surface area contributed by atoms with Crippen LogP contribution >= 0.6 is 0 Å². The summed E-state index contributed by atoms with van der Waals surface area (Å²) >= 11 is 0. The van der Waals surface area contributed by atoms with Gasteiger partial charge < -0.3 is 5.73 Å². The third-order valence-corrected chi connectivity index (χ3v) is 3.02. The number of hydrogen-bond donors (Lipinski definition) is 1. The number of halogens is 1. The second-order valence-electron chi connectivity index (χ2n) is 4.37. The SMILES string of the molecule is CN1Cc2c(N)nn(-c3cccc(F)c3)c2C1. The minimum absolute atomic E-state index is 0.267. The molecular weight excluding hydrogens is 219 g/mol. The molecule has 88 valence electrons. The van der Waals surface area contributed by atoms with E-state index in [0.717, 1.165) is 24.3 Å². The maximum Gasteiger partial charge on any atom is 0.150 e. The summed E-state index contributed by atoms with van der Waals surface area (Å²) in [6, 6.07) is 6.38. The predicted octanol–water partition coefficient (Wildman–Crippen LogP) is 1.54. The molecule has 17 heavy (non-hydrogen) atoms. The largest absolute Gasteiger partial charge is 0.382 e. The average Bonchev–Trinajstić information content (AvgIpc) is 2.79. The molecule has 0 saturated heterocycles. The van der Waals surface area contributed by atoms with Gasteiger partial charge in [0.2, 0.25) is 0 Å². The molecule has 2 aromatic rings. The van der Waals surface area contributed by atoms with Crippen molar-refractivity contribution in [2.75, 3.05) is 12.8 Å². The number of fused-ring (bicyclic) bond motifs is 1. The standard InChI is InChI=1S/C12H13FN4/c1-16-6-10-11(7-16)17(15-12(10)14)9-4-2-3-8(13)5-9/h2-5H,6-7H2,1H3,(H2,14,15). The van der Waals surface area contributed by atoms with E-state index in [1.807, 2.05) is 13.1 Å². The van der Waals surface area contributed by atoms with Crippen LogP contribution < -0.4 is 5.73 Å². The molecule has 1 aromatic carbocycles. The molecule has 3 rings (SSSR count). The van der Waals surface area contributed by atoms with Crippen molar-refractivity contribution < 1.29 is 4.39 Å². The van der Waals surface area contributed by atoms with Crippen molar-refractivity contribution >= 4 is 5.82 Å². The van der Waals surface area contributed by atoms with Crippen LogP contribution in [0, 0.1) is 5.82 Å². The lowest BCUT2D eigenvalue weighted by atomic mass is 10.2. The van der Waals surface area contributed by atoms with Crippen LogP contribution in [0.2, 0.25) is 0 Å². The monoisotopic (exact) mass is 232 g/mol. The van der Waals surface area contributed by atoms with E-state index in [1.54, 1.807) is 10.7 Å². The number of benzene rings is 1. The number of nitrogens with zero attached hydrogens (tertiary/aromatic N) is 3. The van der Waals surface area contributed by atoms with Crippen LogP contribution in [0.1, 0.15) is 11.3 Å². The Labute approximate surface area is 98.4 Å². The van der Waals surface area contributed by atoms with Crippen LogP contribution in [-0.4, -0.2) is 21.7 Å². The molecule has 0 unspecified atom stereocenters. The Bertz CT molecular complexity index is 576. The Hall–Kier alpha value is -1.88. The highest BCUT2D eigenvalue weighted by atomic mass is 19.1. The summed E-state index contributed by atoms with van der Waals surface area (Å²) in [5, 5.41) is 4.28. The van der Waals surface area contributed by atoms with Crippen molar-refractivity contribution in [3.05, 3.63) is 41.3 Å². The second-order valence-corrected chi connectivity index (χ2v) is 4.37. The number of nitrogen functional groups attached to an aromatic ring is 1. The molecule has 2 heterocycles. The lowest BCUT2D eigenvalue weighted by molar-refractivity contribution is 0.346. The first-order chi connectivity index (χ1) is 8.15. The third-order valence-electron chi connectivity index (χ3n) is 3.02. The Kier molecular flexibility index (Phi) is 2.16. The highest BCUT2D eigenvalue weighted by molar-refractivity contribution is 5.48. The molecule has 5 heteroatoms. The van der Waals surface area contributed by atoms with Gasteiger partial charge in [0.15, 0.2) is 5.82 Å². The fraction of sp³-hybridized carbons (Fsp3) is 0.250. The summed E-state index contributed by atoms with van der Waals surface area (Å²) in [5.74, 6) is 0.269. The minimum atomic E-state index is -0.267. The zero-order valence-electron chi connectivity index (χ0n) is 9.52. The molecule has 0 saturated carbocycles. The summed E-state index contributed by atoms with van der Waals surface area (Å²) in [7, 11) is 2.02. The van der Waals surface area contributed by atoms with Gasteiger partial charge in [0.25, 0.3) is 0 Å². The van der Waals surface area contributed by atoms with Crippen molar-refractivity contribution in [1.29, 1.82) is 0 Å². The molecule has 0 amide bonds. The molecule has 0 spiro atoms. The minimum Gasteiger partial charge on any atom is -0.382 e. The molecule has 1 aromatic heterocycles. The highest BCUT2D eigenvalue weighted by Gasteiger charge is 2.25. The molecule has 0 bridgehead atoms. The van der Waals surface area contributed by atoms with E-state index in [0.29, 0.717) is 11.5 Å². The van der Waals surface area contributed by atoms with Crippen molar-refractivity contribution in [3.8, 4) is 5.69 Å². The normalized spacial score (nSPS) is 15.2. The van der Waals surface area contributed by atoms with E-state index < -0.39 is 0 Å². The molecule has 0 atom stereocenters. The van der Waals surface area contributed by atoms with Crippen molar-refractivity contribution in [1.82, 2.24) is 14.7 Å². The number of anilines is 1. The zero-order chi connectivity index (χ0) is 12.0. The van der Waals surface area contributed by atoms with Gasteiger partial charge in [-0.3, -0.25) is 4.90 Å². The van der Waals surface area contributed by atoms with Gasteiger partial charge in [-0.2, -0.15) is 5.10 Å². The lowest BCUT2D eigenvalue weighted by Crippen LogP contribution is -2.12. The topological polar surface area (TPSA) is 47.1 Å². The third kappa shape index (κ3) is 1.59. The average molecular weight is 232 g/mol. The summed E-state index contributed by atoms with van der Waals surface area (Å²) in [6.45, 7) is 1.59. The molecule has 2 N–H and O–H groups in total. The van der Waals surface area contributed by atoms with Crippen LogP contribution in [0.25, 0.3) is 5.69 Å². The van der Waals surface area contributed by atoms with Gasteiger partial charge in [-0.15, -0.1) is 0 Å². The molecule has 4 nitrogen and oxygen atoms in total. The smallest absolute Gasteiger partial charge is 0.150 e. The summed E-state index contributed by atoms with van der Waals surface area (Å²) in [5.41, 5.74) is 8.70. The van der Waals surface area contributed by atoms with Gasteiger partial charge in [0.05, 0.1) is 11.4 Å². The first-order valence-electron chi connectivity index (χ1n) is 5.46. The van der Waals surface area contributed by atoms with Crippen molar-refractivity contribution in [3.63, 3.8) is 0 Å². The maximum absolute atomic E-state index is 13.2. The van der Waals surface area contributed by atoms with Gasteiger partial charge in [0, 0.05) is 18.7 Å². The van der Waals surface area contributed by atoms with Crippen LogP contribution in [0.5, 0.6) is 0 Å². The van der Waals surface area contributed by atoms with E-state index in [2.05, 4.69) is 10.00 Å². The summed E-state index contributed by atoms with van der Waals surface area (Å²) in [6.07, 6.45) is 0. The van der Waals surface area contributed by atoms with Crippen LogP contribution in [0.3, 0.4) is 0 Å². The molecule has 1 aliphatic rings. The summed E-state index contributed by atoms with van der Waals surface area (Å²) in [4.78, 5) is 2.15. The fourth-order valence-corrected chi connectivity index (χ4v) is 2.24. The van der Waals surface area contributed by atoms with Crippen molar-refractivity contribution in [2.45, 2.75) is 13.1 Å². The highest BCUT2D eigenvalue weighted by Crippen LogP contribution is 2.28. The van der Waals surface area contributed by atoms with E-state index in [1.165, 1.54) is 12.1 Å². The second kappa shape index (κ2) is 3.56. The number of hydrogen-bond acceptors (Lipinski definition) is 3. The Morgan fingerprint density at radius 1 is 1.35 bits per heavy atom. The molecule has 1 aliphatic heterocycles. The number of aromatic nitrogens is 2. The predicted molar refractivity (Wildman–Crippen MR) is 63.1 cm³/mol. The first kappa shape index (κ1) is 10.3. The van der Waals surface area contributed by atoms with E-state index in [9.17, 15) is 4.39 Å². The van der Waals surface area contributed by atoms with E-state index >= 15 is 0 Å². The summed E-state index contributed by atoms with van der Waals surface area (Å²) < 4.78 is 14.9. The van der Waals surface area contributed by atoms with Gasteiger partial charge in [-0.1, -0.05) is 6.07 Å². The lowest BCUT2D eigenvalue weighted by Gasteiger charge is -2.08. The van der Waals surface area contributed by atoms with Gasteiger partial charge in [-0.05, 0) is 25.2 Å². The maximum atomic E-state index is 13.2. The number of nitrogens with two attached hydrogens (primary N) is 1. The van der Waals surface area contributed by atoms with Crippen LogP contribution in [0.4, 0.5) is 10.2 Å². The van der Waals surface area contributed by atoms with Gasteiger partial charge >= 0.3 is 0 Å². The van der Waals surface area contributed by atoms with Crippen molar-refractivity contribution in [2.24, 2.45) is 0 Å². The van der Waals surface area contributed by atoms with Gasteiger partial charge in [-0.25, -0.2) is 9.07 Å². The molecule has 0 aliphatic carbocycles. The molecular formula is C12H13FN4. The Morgan fingerprint density at radius 2 is 2.18 bits per heavy atom.